The van der Waals surface area contributed by atoms with E-state index in [9.17, 15) is 4.79 Å². The maximum absolute atomic E-state index is 12.4. The average Bonchev–Trinajstić information content (AvgIpc) is 3.44. The third-order valence-electron chi connectivity index (χ3n) is 8.95. The molecule has 0 aromatic heterocycles. The predicted molar refractivity (Wildman–Crippen MR) is 180 cm³/mol. The molecule has 41 heavy (non-hydrogen) atoms. The molecule has 0 saturated carbocycles. The Hall–Kier alpha value is -1.06. The lowest BCUT2D eigenvalue weighted by molar-refractivity contribution is -0.154. The zero-order chi connectivity index (χ0) is 29.6. The van der Waals surface area contributed by atoms with E-state index in [1.165, 1.54) is 161 Å². The van der Waals surface area contributed by atoms with Crippen molar-refractivity contribution in [3.05, 3.63) is 0 Å². The molecule has 0 amide bonds. The van der Waals surface area contributed by atoms with Crippen LogP contribution in [0.4, 0.5) is 0 Å². The Bertz CT molecular complexity index is 606. The van der Waals surface area contributed by atoms with E-state index in [4.69, 9.17) is 9.73 Å². The van der Waals surface area contributed by atoms with Crippen LogP contribution < -0.4 is 0 Å². The predicted octanol–water partition coefficient (Wildman–Crippen LogP) is 11.9. The van der Waals surface area contributed by atoms with Crippen molar-refractivity contribution in [3.63, 3.8) is 0 Å². The van der Waals surface area contributed by atoms with Gasteiger partial charge in [-0.1, -0.05) is 174 Å². The number of amidine groups is 1. The number of unbranched alkanes of at least 4 members (excludes halogenated alkanes) is 25. The summed E-state index contributed by atoms with van der Waals surface area (Å²) in [6, 6.07) is 0. The van der Waals surface area contributed by atoms with Gasteiger partial charge < -0.3 is 9.64 Å². The summed E-state index contributed by atoms with van der Waals surface area (Å²) in [5, 5.41) is 0. The van der Waals surface area contributed by atoms with Crippen LogP contribution in [0.25, 0.3) is 0 Å². The highest BCUT2D eigenvalue weighted by atomic mass is 16.6. The summed E-state index contributed by atoms with van der Waals surface area (Å²) in [4.78, 5) is 19.4. The van der Waals surface area contributed by atoms with Crippen molar-refractivity contribution in [2.24, 2.45) is 4.99 Å². The van der Waals surface area contributed by atoms with E-state index in [1.807, 2.05) is 6.92 Å². The molecule has 0 spiro atoms. The SMILES string of the molecule is CCCCCCCCCCCCCCCCC1=NCCN1C(C)OC(=O)CCCCCCCCCCCCCCC. The average molecular weight is 577 g/mol. The van der Waals surface area contributed by atoms with E-state index >= 15 is 0 Å². The number of carbonyl (C=O) groups is 1. The first-order valence-electron chi connectivity index (χ1n) is 18.7. The van der Waals surface area contributed by atoms with Gasteiger partial charge in [-0.05, 0) is 19.8 Å². The third-order valence-corrected chi connectivity index (χ3v) is 8.95. The number of nitrogens with zero attached hydrogens (tertiary/aromatic N) is 2. The minimum atomic E-state index is -0.183. The molecule has 1 heterocycles. The number of ether oxygens (including phenoxy) is 1. The fourth-order valence-electron chi connectivity index (χ4n) is 6.20. The molecule has 4 nitrogen and oxygen atoms in total. The van der Waals surface area contributed by atoms with Crippen LogP contribution >= 0.6 is 0 Å². The number of esters is 1. The van der Waals surface area contributed by atoms with Crippen molar-refractivity contribution < 1.29 is 9.53 Å². The van der Waals surface area contributed by atoms with Crippen LogP contribution in [0.2, 0.25) is 0 Å². The normalized spacial score (nSPS) is 14.0. The highest BCUT2D eigenvalue weighted by molar-refractivity contribution is 5.84. The molecule has 4 heteroatoms. The van der Waals surface area contributed by atoms with Gasteiger partial charge in [-0.25, -0.2) is 0 Å². The van der Waals surface area contributed by atoms with Crippen molar-refractivity contribution >= 4 is 11.8 Å². The molecule has 242 valence electrons. The van der Waals surface area contributed by atoms with Crippen LogP contribution in [-0.4, -0.2) is 36.0 Å². The smallest absolute Gasteiger partial charge is 0.307 e. The third kappa shape index (κ3) is 23.1. The minimum Gasteiger partial charge on any atom is -0.442 e. The number of hydrogen-bond acceptors (Lipinski definition) is 4. The second kappa shape index (κ2) is 29.0. The van der Waals surface area contributed by atoms with Gasteiger partial charge in [0.25, 0.3) is 0 Å². The molecule has 0 radical (unpaired) electrons. The largest absolute Gasteiger partial charge is 0.442 e. The number of aliphatic imine (C=N–C) groups is 1. The van der Waals surface area contributed by atoms with Crippen LogP contribution in [0, 0.1) is 0 Å². The van der Waals surface area contributed by atoms with Crippen molar-refractivity contribution in [1.29, 1.82) is 0 Å². The first-order valence-corrected chi connectivity index (χ1v) is 18.7. The molecule has 0 bridgehead atoms. The molecular weight excluding hydrogens is 504 g/mol. The Kier molecular flexibility index (Phi) is 26.9. The fraction of sp³-hybridized carbons (Fsp3) is 0.946. The highest BCUT2D eigenvalue weighted by Crippen LogP contribution is 2.18. The summed E-state index contributed by atoms with van der Waals surface area (Å²) in [5.41, 5.74) is 0. The molecule has 0 N–H and O–H groups in total. The Balaban J connectivity index is 1.94. The maximum Gasteiger partial charge on any atom is 0.307 e. The zero-order valence-corrected chi connectivity index (χ0v) is 28.2. The van der Waals surface area contributed by atoms with Crippen molar-refractivity contribution in [2.75, 3.05) is 13.1 Å². The second-order valence-corrected chi connectivity index (χ2v) is 12.9. The lowest BCUT2D eigenvalue weighted by atomic mass is 10.0. The van der Waals surface area contributed by atoms with E-state index < -0.39 is 0 Å². The van der Waals surface area contributed by atoms with Gasteiger partial charge in [0.15, 0.2) is 6.23 Å². The van der Waals surface area contributed by atoms with Gasteiger partial charge in [0.1, 0.15) is 5.84 Å². The van der Waals surface area contributed by atoms with E-state index in [1.54, 1.807) is 0 Å². The fourth-order valence-corrected chi connectivity index (χ4v) is 6.20. The monoisotopic (exact) mass is 577 g/mol. The van der Waals surface area contributed by atoms with Crippen LogP contribution in [0.1, 0.15) is 207 Å². The summed E-state index contributed by atoms with van der Waals surface area (Å²) in [5.74, 6) is 1.12. The van der Waals surface area contributed by atoms with Gasteiger partial charge in [0, 0.05) is 19.4 Å². The molecular formula is C37H72N2O2. The van der Waals surface area contributed by atoms with Crippen molar-refractivity contribution in [1.82, 2.24) is 4.90 Å². The summed E-state index contributed by atoms with van der Waals surface area (Å²) in [6.45, 7) is 8.33. The van der Waals surface area contributed by atoms with Crippen LogP contribution in [-0.2, 0) is 9.53 Å². The Labute approximate surface area is 257 Å². The molecule has 1 rings (SSSR count). The molecule has 0 aromatic carbocycles. The van der Waals surface area contributed by atoms with Crippen LogP contribution in [0.5, 0.6) is 0 Å². The van der Waals surface area contributed by atoms with Gasteiger partial charge in [0.05, 0.1) is 6.54 Å². The first-order chi connectivity index (χ1) is 20.2. The minimum absolute atomic E-state index is 0.0386. The molecule has 1 unspecified atom stereocenters. The maximum atomic E-state index is 12.4. The van der Waals surface area contributed by atoms with E-state index in [-0.39, 0.29) is 12.2 Å². The molecule has 0 aliphatic carbocycles. The molecule has 0 saturated heterocycles. The quantitative estimate of drug-likeness (QED) is 0.0609. The number of hydrogen-bond donors (Lipinski definition) is 0. The van der Waals surface area contributed by atoms with Crippen LogP contribution in [0.3, 0.4) is 0 Å². The van der Waals surface area contributed by atoms with Crippen molar-refractivity contribution in [2.45, 2.75) is 213 Å². The van der Waals surface area contributed by atoms with E-state index in [2.05, 4.69) is 18.7 Å². The summed E-state index contributed by atoms with van der Waals surface area (Å²) >= 11 is 0. The standard InChI is InChI=1S/C37H72N2O2/c1-4-6-8-10-12-14-16-18-20-21-23-25-27-29-31-36-38-33-34-39(36)35(3)41-37(40)32-30-28-26-24-22-19-17-15-13-11-9-7-5-2/h35H,4-34H2,1-3H3. The summed E-state index contributed by atoms with van der Waals surface area (Å²) in [6.07, 6.45) is 38.0. The summed E-state index contributed by atoms with van der Waals surface area (Å²) in [7, 11) is 0. The van der Waals surface area contributed by atoms with Crippen LogP contribution in [0.15, 0.2) is 4.99 Å². The molecule has 0 aromatic rings. The van der Waals surface area contributed by atoms with Gasteiger partial charge in [-0.15, -0.1) is 0 Å². The highest BCUT2D eigenvalue weighted by Gasteiger charge is 2.24. The van der Waals surface area contributed by atoms with Gasteiger partial charge in [-0.2, -0.15) is 0 Å². The van der Waals surface area contributed by atoms with Gasteiger partial charge >= 0.3 is 5.97 Å². The second-order valence-electron chi connectivity index (χ2n) is 12.9. The number of carbonyl (C=O) groups excluding carboxylic acids is 1. The topological polar surface area (TPSA) is 41.9 Å². The van der Waals surface area contributed by atoms with E-state index in [0.29, 0.717) is 6.42 Å². The zero-order valence-electron chi connectivity index (χ0n) is 28.2. The van der Waals surface area contributed by atoms with E-state index in [0.717, 1.165) is 38.2 Å². The Morgan fingerprint density at radius 1 is 0.610 bits per heavy atom. The van der Waals surface area contributed by atoms with Crippen molar-refractivity contribution in [3.8, 4) is 0 Å². The molecule has 1 aliphatic heterocycles. The lowest BCUT2D eigenvalue weighted by Crippen LogP contribution is -2.39. The molecule has 0 fully saturated rings. The first kappa shape index (κ1) is 38.0. The van der Waals surface area contributed by atoms with Gasteiger partial charge in [-0.3, -0.25) is 9.79 Å². The summed E-state index contributed by atoms with van der Waals surface area (Å²) < 4.78 is 5.80. The lowest BCUT2D eigenvalue weighted by Gasteiger charge is -2.27. The Morgan fingerprint density at radius 3 is 1.39 bits per heavy atom. The number of rotatable bonds is 31. The molecule has 1 aliphatic rings. The Morgan fingerprint density at radius 2 is 0.976 bits per heavy atom. The van der Waals surface area contributed by atoms with Gasteiger partial charge in [0.2, 0.25) is 0 Å². The molecule has 1 atom stereocenters.